The number of rotatable bonds is 6. The summed E-state index contributed by atoms with van der Waals surface area (Å²) >= 11 is 0. The van der Waals surface area contributed by atoms with Gasteiger partial charge >= 0.3 is 0 Å². The molecule has 18 heavy (non-hydrogen) atoms. The van der Waals surface area contributed by atoms with Gasteiger partial charge in [0.15, 0.2) is 5.65 Å². The molecule has 2 aromatic heterocycles. The van der Waals surface area contributed by atoms with E-state index in [1.165, 1.54) is 0 Å². The Morgan fingerprint density at radius 3 is 3.00 bits per heavy atom. The highest BCUT2D eigenvalue weighted by molar-refractivity contribution is 5.71. The van der Waals surface area contributed by atoms with Gasteiger partial charge < -0.3 is 10.1 Å². The number of anilines is 1. The Balaban J connectivity index is 1.86. The lowest BCUT2D eigenvalue weighted by atomic mass is 10.4. The summed E-state index contributed by atoms with van der Waals surface area (Å²) in [6, 6.07) is 3.78. The number of nitrogens with zero attached hydrogens (tertiary/aromatic N) is 3. The molecule has 0 fully saturated rings. The molecule has 0 bridgehead atoms. The van der Waals surface area contributed by atoms with Crippen LogP contribution in [-0.2, 0) is 4.74 Å². The molecular formula is C13H16N4O. The number of pyridine rings is 1. The normalized spacial score (nSPS) is 10.5. The molecule has 2 aromatic rings. The van der Waals surface area contributed by atoms with Gasteiger partial charge in [0.1, 0.15) is 11.3 Å². The Bertz CT molecular complexity index is 541. The van der Waals surface area contributed by atoms with Gasteiger partial charge in [-0.3, -0.25) is 4.98 Å². The lowest BCUT2D eigenvalue weighted by molar-refractivity contribution is 0.167. The van der Waals surface area contributed by atoms with Crippen LogP contribution in [0.15, 0.2) is 36.7 Å². The van der Waals surface area contributed by atoms with Gasteiger partial charge in [0.25, 0.3) is 0 Å². The molecular weight excluding hydrogens is 228 g/mol. The lowest BCUT2D eigenvalue weighted by Crippen LogP contribution is -2.11. The van der Waals surface area contributed by atoms with Crippen molar-refractivity contribution >= 4 is 17.0 Å². The van der Waals surface area contributed by atoms with E-state index in [1.807, 2.05) is 19.1 Å². The van der Waals surface area contributed by atoms with Crippen LogP contribution in [0.3, 0.4) is 0 Å². The molecule has 2 heterocycles. The fourth-order valence-electron chi connectivity index (χ4n) is 1.45. The summed E-state index contributed by atoms with van der Waals surface area (Å²) in [5.74, 6) is 0.780. The van der Waals surface area contributed by atoms with Crippen LogP contribution in [0.4, 0.5) is 5.82 Å². The van der Waals surface area contributed by atoms with Gasteiger partial charge in [0.05, 0.1) is 13.2 Å². The average molecular weight is 244 g/mol. The third kappa shape index (κ3) is 3.49. The number of nitrogens with one attached hydrogen (secondary N) is 1. The summed E-state index contributed by atoms with van der Waals surface area (Å²) in [7, 11) is 0. The van der Waals surface area contributed by atoms with Crippen molar-refractivity contribution in [2.75, 3.05) is 25.1 Å². The zero-order valence-corrected chi connectivity index (χ0v) is 10.4. The largest absolute Gasteiger partial charge is 0.375 e. The van der Waals surface area contributed by atoms with Crippen LogP contribution in [0, 0.1) is 0 Å². The second-order valence-electron chi connectivity index (χ2n) is 4.03. The van der Waals surface area contributed by atoms with E-state index in [1.54, 1.807) is 12.4 Å². The molecule has 0 aliphatic heterocycles. The van der Waals surface area contributed by atoms with E-state index in [9.17, 15) is 0 Å². The van der Waals surface area contributed by atoms with Crippen LogP contribution in [0.1, 0.15) is 6.92 Å². The minimum absolute atomic E-state index is 0.596. The Kier molecular flexibility index (Phi) is 4.20. The summed E-state index contributed by atoms with van der Waals surface area (Å²) in [5, 5.41) is 3.18. The quantitative estimate of drug-likeness (QED) is 0.622. The molecule has 0 saturated carbocycles. The molecule has 5 nitrogen and oxygen atoms in total. The number of hydrogen-bond acceptors (Lipinski definition) is 5. The Morgan fingerprint density at radius 2 is 2.17 bits per heavy atom. The number of fused-ring (bicyclic) bond motifs is 1. The van der Waals surface area contributed by atoms with Gasteiger partial charge in [0, 0.05) is 18.9 Å². The van der Waals surface area contributed by atoms with Crippen molar-refractivity contribution in [3.63, 3.8) is 0 Å². The van der Waals surface area contributed by atoms with E-state index < -0.39 is 0 Å². The first kappa shape index (κ1) is 12.4. The van der Waals surface area contributed by atoms with Crippen LogP contribution in [0.2, 0.25) is 0 Å². The highest BCUT2D eigenvalue weighted by Crippen LogP contribution is 2.09. The lowest BCUT2D eigenvalue weighted by Gasteiger charge is -2.06. The first-order chi connectivity index (χ1) is 8.75. The smallest absolute Gasteiger partial charge is 0.180 e. The molecule has 0 spiro atoms. The van der Waals surface area contributed by atoms with Gasteiger partial charge in [-0.05, 0) is 19.1 Å². The van der Waals surface area contributed by atoms with Crippen LogP contribution >= 0.6 is 0 Å². The zero-order chi connectivity index (χ0) is 12.8. The summed E-state index contributed by atoms with van der Waals surface area (Å²) in [4.78, 5) is 12.7. The maximum Gasteiger partial charge on any atom is 0.180 e. The molecule has 0 aromatic carbocycles. The Labute approximate surface area is 106 Å². The molecule has 0 amide bonds. The van der Waals surface area contributed by atoms with Crippen molar-refractivity contribution in [1.82, 2.24) is 15.0 Å². The third-order valence-electron chi connectivity index (χ3n) is 2.23. The summed E-state index contributed by atoms with van der Waals surface area (Å²) in [6.07, 6.45) is 3.29. The average Bonchev–Trinajstić information content (AvgIpc) is 2.38. The molecule has 0 atom stereocenters. The molecule has 0 aliphatic carbocycles. The fourth-order valence-corrected chi connectivity index (χ4v) is 1.45. The minimum atomic E-state index is 0.596. The van der Waals surface area contributed by atoms with Crippen molar-refractivity contribution < 1.29 is 4.74 Å². The number of ether oxygens (including phenoxy) is 1. The topological polar surface area (TPSA) is 59.9 Å². The molecule has 0 unspecified atom stereocenters. The SMILES string of the molecule is C=C(C)COCCNc1ccc2nccnc2n1. The van der Waals surface area contributed by atoms with Gasteiger partial charge in [-0.2, -0.15) is 0 Å². The summed E-state index contributed by atoms with van der Waals surface area (Å²) in [6.45, 7) is 7.63. The van der Waals surface area contributed by atoms with Crippen molar-refractivity contribution in [3.05, 3.63) is 36.7 Å². The van der Waals surface area contributed by atoms with Crippen LogP contribution in [0.25, 0.3) is 11.2 Å². The second kappa shape index (κ2) is 6.07. The first-order valence-electron chi connectivity index (χ1n) is 5.79. The van der Waals surface area contributed by atoms with E-state index in [2.05, 4.69) is 26.8 Å². The van der Waals surface area contributed by atoms with E-state index in [4.69, 9.17) is 4.74 Å². The maximum atomic E-state index is 5.39. The third-order valence-corrected chi connectivity index (χ3v) is 2.23. The maximum absolute atomic E-state index is 5.39. The van der Waals surface area contributed by atoms with Crippen LogP contribution in [-0.4, -0.2) is 34.7 Å². The number of aromatic nitrogens is 3. The summed E-state index contributed by atoms with van der Waals surface area (Å²) in [5.41, 5.74) is 2.46. The van der Waals surface area contributed by atoms with Crippen molar-refractivity contribution in [2.24, 2.45) is 0 Å². The predicted molar refractivity (Wildman–Crippen MR) is 71.5 cm³/mol. The fraction of sp³-hybridized carbons (Fsp3) is 0.308. The minimum Gasteiger partial charge on any atom is -0.375 e. The molecule has 0 radical (unpaired) electrons. The highest BCUT2D eigenvalue weighted by Gasteiger charge is 1.98. The molecule has 0 saturated heterocycles. The Hall–Kier alpha value is -2.01. The van der Waals surface area contributed by atoms with Crippen molar-refractivity contribution in [3.8, 4) is 0 Å². The van der Waals surface area contributed by atoms with Crippen molar-refractivity contribution in [2.45, 2.75) is 6.92 Å². The van der Waals surface area contributed by atoms with E-state index >= 15 is 0 Å². The van der Waals surface area contributed by atoms with Crippen LogP contribution in [0.5, 0.6) is 0 Å². The molecule has 2 rings (SSSR count). The van der Waals surface area contributed by atoms with Gasteiger partial charge in [-0.15, -0.1) is 0 Å². The zero-order valence-electron chi connectivity index (χ0n) is 10.4. The second-order valence-corrected chi connectivity index (χ2v) is 4.03. The Morgan fingerprint density at radius 1 is 1.33 bits per heavy atom. The highest BCUT2D eigenvalue weighted by atomic mass is 16.5. The first-order valence-corrected chi connectivity index (χ1v) is 5.79. The van der Waals surface area contributed by atoms with E-state index in [0.717, 1.165) is 16.9 Å². The summed E-state index contributed by atoms with van der Waals surface area (Å²) < 4.78 is 5.39. The molecule has 5 heteroatoms. The van der Waals surface area contributed by atoms with E-state index in [-0.39, 0.29) is 0 Å². The molecule has 0 aliphatic rings. The monoisotopic (exact) mass is 244 g/mol. The van der Waals surface area contributed by atoms with Gasteiger partial charge in [-0.25, -0.2) is 9.97 Å². The molecule has 94 valence electrons. The molecule has 1 N–H and O–H groups in total. The van der Waals surface area contributed by atoms with Gasteiger partial charge in [-0.1, -0.05) is 12.2 Å². The number of hydrogen-bond donors (Lipinski definition) is 1. The predicted octanol–water partition coefficient (Wildman–Crippen LogP) is 2.03. The standard InChI is InChI=1S/C13H16N4O/c1-10(2)9-18-8-7-15-12-4-3-11-13(17-12)16-6-5-14-11/h3-6H,1,7-9H2,2H3,(H,15,16,17). The van der Waals surface area contributed by atoms with Crippen molar-refractivity contribution in [1.29, 1.82) is 0 Å². The van der Waals surface area contributed by atoms with Gasteiger partial charge in [0.2, 0.25) is 0 Å². The van der Waals surface area contributed by atoms with E-state index in [0.29, 0.717) is 25.4 Å². The van der Waals surface area contributed by atoms with Crippen LogP contribution < -0.4 is 5.32 Å².